The number of amides is 1. The van der Waals surface area contributed by atoms with Gasteiger partial charge in [0.05, 0.1) is 17.2 Å². The number of carbonyl (C=O) groups excluding carboxylic acids is 1. The Labute approximate surface area is 186 Å². The normalized spacial score (nSPS) is 19.7. The van der Waals surface area contributed by atoms with E-state index in [0.717, 1.165) is 29.7 Å². The van der Waals surface area contributed by atoms with Gasteiger partial charge < -0.3 is 5.11 Å². The number of rotatable bonds is 4. The minimum Gasteiger partial charge on any atom is -0.508 e. The summed E-state index contributed by atoms with van der Waals surface area (Å²) in [4.78, 5) is 18.3. The van der Waals surface area contributed by atoms with Crippen molar-refractivity contribution in [3.05, 3.63) is 95.6 Å². The number of aromatic nitrogens is 1. The molecule has 1 aliphatic carbocycles. The lowest BCUT2D eigenvalue weighted by Crippen LogP contribution is -2.43. The van der Waals surface area contributed by atoms with Crippen LogP contribution in [0.3, 0.4) is 0 Å². The first kappa shape index (κ1) is 20.4. The van der Waals surface area contributed by atoms with Crippen LogP contribution in [0.4, 0.5) is 4.39 Å². The van der Waals surface area contributed by atoms with Gasteiger partial charge in [0.2, 0.25) is 0 Å². The highest BCUT2D eigenvalue weighted by molar-refractivity contribution is 6.04. The van der Waals surface area contributed by atoms with E-state index < -0.39 is 11.5 Å². The summed E-state index contributed by atoms with van der Waals surface area (Å²) in [5.74, 6) is -0.284. The number of hydrogen-bond acceptors (Lipinski definition) is 4. The number of pyridine rings is 1. The number of halogens is 1. The molecule has 0 saturated heterocycles. The Kier molecular flexibility index (Phi) is 5.21. The predicted molar refractivity (Wildman–Crippen MR) is 120 cm³/mol. The Hall–Kier alpha value is -3.54. The van der Waals surface area contributed by atoms with Gasteiger partial charge in [-0.15, -0.1) is 0 Å². The number of aromatic hydroxyl groups is 1. The summed E-state index contributed by atoms with van der Waals surface area (Å²) in [6.45, 7) is 0. The Morgan fingerprint density at radius 3 is 2.47 bits per heavy atom. The largest absolute Gasteiger partial charge is 0.508 e. The molecule has 1 saturated carbocycles. The van der Waals surface area contributed by atoms with Crippen molar-refractivity contribution < 1.29 is 14.3 Å². The highest BCUT2D eigenvalue weighted by Crippen LogP contribution is 2.46. The van der Waals surface area contributed by atoms with Gasteiger partial charge in [-0.05, 0) is 42.7 Å². The second-order valence-electron chi connectivity index (χ2n) is 8.51. The third kappa shape index (κ3) is 3.45. The lowest BCUT2D eigenvalue weighted by Gasteiger charge is -2.34. The second-order valence-corrected chi connectivity index (χ2v) is 8.51. The highest BCUT2D eigenvalue weighted by atomic mass is 19.1. The topological polar surface area (TPSA) is 65.8 Å². The maximum absolute atomic E-state index is 14.2. The van der Waals surface area contributed by atoms with Gasteiger partial charge in [-0.3, -0.25) is 9.78 Å². The standard InChI is InChI=1S/C26H24FN3O2/c27-20-11-9-19(10-12-20)26(13-3-4-14-26)25(32)30-23(21-7-1-2-8-24(21)31)16-22(29-30)18-6-5-15-28-17-18/h1-2,5-12,15,17,23,31H,3-4,13-14,16H2. The van der Waals surface area contributed by atoms with Crippen LogP contribution in [0, 0.1) is 5.82 Å². The number of nitrogens with zero attached hydrogens (tertiary/aromatic N) is 3. The molecule has 2 aromatic carbocycles. The van der Waals surface area contributed by atoms with Crippen LogP contribution in [0.5, 0.6) is 5.75 Å². The van der Waals surface area contributed by atoms with Crippen LogP contribution in [-0.4, -0.2) is 26.7 Å². The zero-order valence-corrected chi connectivity index (χ0v) is 17.6. The molecule has 1 atom stereocenters. The smallest absolute Gasteiger partial charge is 0.253 e. The average Bonchev–Trinajstić information content (AvgIpc) is 3.49. The maximum Gasteiger partial charge on any atom is 0.253 e. The van der Waals surface area contributed by atoms with Crippen molar-refractivity contribution in [2.75, 3.05) is 0 Å². The van der Waals surface area contributed by atoms with E-state index in [2.05, 4.69) is 4.98 Å². The number of para-hydroxylation sites is 1. The zero-order chi connectivity index (χ0) is 22.1. The molecule has 3 aromatic rings. The van der Waals surface area contributed by atoms with E-state index in [-0.39, 0.29) is 17.5 Å². The van der Waals surface area contributed by atoms with Crippen molar-refractivity contribution >= 4 is 11.6 Å². The minimum absolute atomic E-state index is 0.103. The van der Waals surface area contributed by atoms with Crippen molar-refractivity contribution in [3.63, 3.8) is 0 Å². The lowest BCUT2D eigenvalue weighted by atomic mass is 9.77. The fraction of sp³-hybridized carbons (Fsp3) is 0.269. The van der Waals surface area contributed by atoms with Crippen molar-refractivity contribution in [2.24, 2.45) is 5.10 Å². The van der Waals surface area contributed by atoms with Gasteiger partial charge in [0.1, 0.15) is 11.6 Å². The van der Waals surface area contributed by atoms with E-state index in [1.165, 1.54) is 12.1 Å². The van der Waals surface area contributed by atoms with E-state index in [1.807, 2.05) is 24.3 Å². The van der Waals surface area contributed by atoms with Gasteiger partial charge in [0.15, 0.2) is 0 Å². The molecule has 0 radical (unpaired) electrons. The van der Waals surface area contributed by atoms with Gasteiger partial charge in [0.25, 0.3) is 5.91 Å². The molecule has 1 unspecified atom stereocenters. The molecule has 1 aliphatic heterocycles. The molecule has 0 bridgehead atoms. The molecule has 162 valence electrons. The van der Waals surface area contributed by atoms with Crippen LogP contribution in [0.2, 0.25) is 0 Å². The van der Waals surface area contributed by atoms with E-state index in [4.69, 9.17) is 5.10 Å². The highest BCUT2D eigenvalue weighted by Gasteiger charge is 2.48. The number of carbonyl (C=O) groups is 1. The fourth-order valence-corrected chi connectivity index (χ4v) is 5.01. The Morgan fingerprint density at radius 1 is 1.03 bits per heavy atom. The summed E-state index contributed by atoms with van der Waals surface area (Å²) >= 11 is 0. The number of phenolic OH excluding ortho intramolecular Hbond substituents is 1. The molecular formula is C26H24FN3O2. The minimum atomic E-state index is -0.746. The first-order valence-corrected chi connectivity index (χ1v) is 10.9. The number of benzene rings is 2. The maximum atomic E-state index is 14.2. The quantitative estimate of drug-likeness (QED) is 0.626. The van der Waals surface area contributed by atoms with Crippen LogP contribution >= 0.6 is 0 Å². The monoisotopic (exact) mass is 429 g/mol. The second kappa shape index (κ2) is 8.19. The predicted octanol–water partition coefficient (Wildman–Crippen LogP) is 5.12. The van der Waals surface area contributed by atoms with Crippen LogP contribution in [-0.2, 0) is 10.2 Å². The van der Waals surface area contributed by atoms with Crippen molar-refractivity contribution in [3.8, 4) is 5.75 Å². The van der Waals surface area contributed by atoms with E-state index in [1.54, 1.807) is 41.7 Å². The Bertz CT molecular complexity index is 1160. The van der Waals surface area contributed by atoms with E-state index in [0.29, 0.717) is 24.8 Å². The SMILES string of the molecule is O=C(N1N=C(c2cccnc2)CC1c1ccccc1O)C1(c2ccc(F)cc2)CCCC1. The zero-order valence-electron chi connectivity index (χ0n) is 17.6. The summed E-state index contributed by atoms with van der Waals surface area (Å²) in [5.41, 5.74) is 2.35. The molecule has 6 heteroatoms. The molecule has 1 N–H and O–H groups in total. The molecule has 5 rings (SSSR count). The number of phenols is 1. The van der Waals surface area contributed by atoms with Gasteiger partial charge >= 0.3 is 0 Å². The molecule has 1 amide bonds. The van der Waals surface area contributed by atoms with Crippen LogP contribution in [0.15, 0.2) is 78.2 Å². The molecule has 32 heavy (non-hydrogen) atoms. The molecule has 5 nitrogen and oxygen atoms in total. The number of hydrogen-bond donors (Lipinski definition) is 1. The molecule has 0 spiro atoms. The third-order valence-corrected chi connectivity index (χ3v) is 6.67. The molecule has 2 heterocycles. The third-order valence-electron chi connectivity index (χ3n) is 6.67. The summed E-state index contributed by atoms with van der Waals surface area (Å²) in [6.07, 6.45) is 7.16. The fourth-order valence-electron chi connectivity index (χ4n) is 5.01. The molecule has 2 aliphatic rings. The Morgan fingerprint density at radius 2 is 1.78 bits per heavy atom. The van der Waals surface area contributed by atoms with Gasteiger partial charge in [-0.2, -0.15) is 5.10 Å². The van der Waals surface area contributed by atoms with Gasteiger partial charge in [-0.25, -0.2) is 9.40 Å². The Balaban J connectivity index is 1.59. The van der Waals surface area contributed by atoms with Gasteiger partial charge in [0, 0.05) is 29.9 Å². The van der Waals surface area contributed by atoms with Crippen LogP contribution in [0.1, 0.15) is 54.8 Å². The number of hydrazone groups is 1. The van der Waals surface area contributed by atoms with E-state index in [9.17, 15) is 14.3 Å². The summed E-state index contributed by atoms with van der Waals surface area (Å²) in [6, 6.07) is 16.7. The lowest BCUT2D eigenvalue weighted by molar-refractivity contribution is -0.139. The molecular weight excluding hydrogens is 405 g/mol. The molecule has 1 aromatic heterocycles. The van der Waals surface area contributed by atoms with E-state index >= 15 is 0 Å². The summed E-state index contributed by atoms with van der Waals surface area (Å²) < 4.78 is 13.6. The first-order chi connectivity index (χ1) is 15.6. The summed E-state index contributed by atoms with van der Waals surface area (Å²) in [7, 11) is 0. The average molecular weight is 429 g/mol. The van der Waals surface area contributed by atoms with Crippen molar-refractivity contribution in [1.82, 2.24) is 9.99 Å². The van der Waals surface area contributed by atoms with Gasteiger partial charge in [-0.1, -0.05) is 49.2 Å². The van der Waals surface area contributed by atoms with Crippen LogP contribution in [0.25, 0.3) is 0 Å². The van der Waals surface area contributed by atoms with Crippen molar-refractivity contribution in [1.29, 1.82) is 0 Å². The van der Waals surface area contributed by atoms with Crippen molar-refractivity contribution in [2.45, 2.75) is 43.6 Å². The summed E-state index contributed by atoms with van der Waals surface area (Å²) in [5, 5.41) is 16.9. The molecule has 1 fully saturated rings. The first-order valence-electron chi connectivity index (χ1n) is 10.9. The van der Waals surface area contributed by atoms with Crippen LogP contribution < -0.4 is 0 Å².